The lowest BCUT2D eigenvalue weighted by Crippen LogP contribution is -2.10. The summed E-state index contributed by atoms with van der Waals surface area (Å²) in [6, 6.07) is 12.6. The van der Waals surface area contributed by atoms with E-state index in [4.69, 9.17) is 0 Å². The molecular weight excluding hydrogens is 385 g/mol. The van der Waals surface area contributed by atoms with Crippen molar-refractivity contribution < 1.29 is 9.18 Å². The molecule has 1 heterocycles. The number of hydrogen-bond donors (Lipinski definition) is 0. The number of halogens is 1. The molecule has 0 N–H and O–H groups in total. The Labute approximate surface area is 174 Å². The van der Waals surface area contributed by atoms with Crippen LogP contribution in [0.25, 0.3) is 11.4 Å². The first-order chi connectivity index (χ1) is 14.0. The van der Waals surface area contributed by atoms with E-state index in [9.17, 15) is 9.18 Å². The Morgan fingerprint density at radius 3 is 2.72 bits per heavy atom. The van der Waals surface area contributed by atoms with Crippen LogP contribution >= 0.6 is 11.8 Å². The summed E-state index contributed by atoms with van der Waals surface area (Å²) in [4.78, 5) is 12.7. The number of ketones is 1. The highest BCUT2D eigenvalue weighted by molar-refractivity contribution is 7.99. The van der Waals surface area contributed by atoms with E-state index in [1.54, 1.807) is 18.2 Å². The number of fused-ring (bicyclic) bond motifs is 1. The smallest absolute Gasteiger partial charge is 0.191 e. The molecule has 1 aliphatic rings. The van der Waals surface area contributed by atoms with Crippen molar-refractivity contribution in [3.63, 3.8) is 0 Å². The number of hydrogen-bond acceptors (Lipinski definition) is 4. The van der Waals surface area contributed by atoms with Gasteiger partial charge in [-0.05, 0) is 54.5 Å². The number of rotatable bonds is 7. The molecule has 4 nitrogen and oxygen atoms in total. The van der Waals surface area contributed by atoms with Gasteiger partial charge in [0.1, 0.15) is 5.82 Å². The minimum absolute atomic E-state index is 0.0799. The van der Waals surface area contributed by atoms with Crippen molar-refractivity contribution in [1.82, 2.24) is 14.8 Å². The molecule has 29 heavy (non-hydrogen) atoms. The molecule has 6 heteroatoms. The molecule has 1 aliphatic carbocycles. The number of benzene rings is 2. The lowest BCUT2D eigenvalue weighted by molar-refractivity contribution is 0.102. The lowest BCUT2D eigenvalue weighted by Gasteiger charge is -2.13. The van der Waals surface area contributed by atoms with E-state index in [0.29, 0.717) is 29.0 Å². The van der Waals surface area contributed by atoms with E-state index in [0.717, 1.165) is 18.4 Å². The van der Waals surface area contributed by atoms with Gasteiger partial charge in [-0.1, -0.05) is 49.9 Å². The van der Waals surface area contributed by atoms with Crippen LogP contribution in [0.4, 0.5) is 4.39 Å². The lowest BCUT2D eigenvalue weighted by atomic mass is 10.0. The van der Waals surface area contributed by atoms with E-state index in [1.165, 1.54) is 35.4 Å². The van der Waals surface area contributed by atoms with Crippen molar-refractivity contribution in [3.05, 3.63) is 65.0 Å². The minimum atomic E-state index is -0.323. The maximum Gasteiger partial charge on any atom is 0.191 e. The molecule has 2 aromatic carbocycles. The second-order valence-corrected chi connectivity index (χ2v) is 8.78. The molecule has 0 saturated carbocycles. The number of aromatic nitrogens is 3. The maximum absolute atomic E-state index is 14.3. The Hall–Kier alpha value is -2.47. The summed E-state index contributed by atoms with van der Waals surface area (Å²) >= 11 is 1.36. The summed E-state index contributed by atoms with van der Waals surface area (Å²) in [5, 5.41) is 9.15. The van der Waals surface area contributed by atoms with Crippen LogP contribution in [-0.2, 0) is 19.4 Å². The zero-order valence-corrected chi connectivity index (χ0v) is 17.5. The predicted octanol–water partition coefficient (Wildman–Crippen LogP) is 5.20. The predicted molar refractivity (Wildman–Crippen MR) is 114 cm³/mol. The highest BCUT2D eigenvalue weighted by atomic mass is 32.2. The first kappa shape index (κ1) is 19.8. The van der Waals surface area contributed by atoms with E-state index >= 15 is 0 Å². The average Bonchev–Trinajstić information content (AvgIpc) is 3.32. The van der Waals surface area contributed by atoms with Crippen LogP contribution in [0.2, 0.25) is 0 Å². The van der Waals surface area contributed by atoms with Crippen LogP contribution in [-0.4, -0.2) is 26.3 Å². The summed E-state index contributed by atoms with van der Waals surface area (Å²) in [6.07, 6.45) is 3.33. The van der Waals surface area contributed by atoms with Crippen molar-refractivity contribution in [1.29, 1.82) is 0 Å². The molecule has 0 unspecified atom stereocenters. The van der Waals surface area contributed by atoms with Crippen LogP contribution in [0.1, 0.15) is 41.8 Å². The molecule has 4 rings (SSSR count). The summed E-state index contributed by atoms with van der Waals surface area (Å²) in [5.41, 5.74) is 3.84. The van der Waals surface area contributed by atoms with Gasteiger partial charge in [0.05, 0.1) is 11.3 Å². The summed E-state index contributed by atoms with van der Waals surface area (Å²) < 4.78 is 16.2. The van der Waals surface area contributed by atoms with Gasteiger partial charge >= 0.3 is 0 Å². The first-order valence-electron chi connectivity index (χ1n) is 9.99. The van der Waals surface area contributed by atoms with Crippen molar-refractivity contribution in [2.45, 2.75) is 44.8 Å². The molecule has 1 aromatic heterocycles. The van der Waals surface area contributed by atoms with Gasteiger partial charge in [0.15, 0.2) is 16.8 Å². The molecule has 0 aliphatic heterocycles. The molecule has 0 atom stereocenters. The quantitative estimate of drug-likeness (QED) is 0.397. The standard InChI is InChI=1S/C23H24FN3OS/c1-15(2)13-27-22(19-8-3-4-9-20(19)24)25-26-23(27)29-14-21(28)18-11-10-16-6-5-7-17(16)12-18/h3-4,8-12,15H,5-7,13-14H2,1-2H3. The zero-order valence-electron chi connectivity index (χ0n) is 16.7. The largest absolute Gasteiger partial charge is 0.302 e. The van der Waals surface area contributed by atoms with Gasteiger partial charge in [0.2, 0.25) is 0 Å². The fraction of sp³-hybridized carbons (Fsp3) is 0.348. The topological polar surface area (TPSA) is 47.8 Å². The number of aryl methyl sites for hydroxylation is 2. The third-order valence-corrected chi connectivity index (χ3v) is 6.10. The maximum atomic E-state index is 14.3. The molecule has 3 aromatic rings. The zero-order chi connectivity index (χ0) is 20.4. The number of carbonyl (C=O) groups excluding carboxylic acids is 1. The van der Waals surface area contributed by atoms with Gasteiger partial charge in [-0.3, -0.25) is 4.79 Å². The van der Waals surface area contributed by atoms with E-state index in [-0.39, 0.29) is 17.4 Å². The summed E-state index contributed by atoms with van der Waals surface area (Å²) in [5.74, 6) is 0.881. The first-order valence-corrected chi connectivity index (χ1v) is 11.0. The van der Waals surface area contributed by atoms with Crippen molar-refractivity contribution in [3.8, 4) is 11.4 Å². The van der Waals surface area contributed by atoms with Crippen molar-refractivity contribution in [2.75, 3.05) is 5.75 Å². The highest BCUT2D eigenvalue weighted by Gasteiger charge is 2.20. The Morgan fingerprint density at radius 2 is 1.93 bits per heavy atom. The Kier molecular flexibility index (Phi) is 5.81. The average molecular weight is 410 g/mol. The number of Topliss-reactive ketones (excluding diaryl/α,β-unsaturated/α-hetero) is 1. The van der Waals surface area contributed by atoms with Crippen LogP contribution < -0.4 is 0 Å². The van der Waals surface area contributed by atoms with Crippen LogP contribution in [0.5, 0.6) is 0 Å². The van der Waals surface area contributed by atoms with Gasteiger partial charge < -0.3 is 4.57 Å². The Balaban J connectivity index is 1.55. The van der Waals surface area contributed by atoms with Gasteiger partial charge in [0, 0.05) is 12.1 Å². The van der Waals surface area contributed by atoms with Crippen LogP contribution in [0, 0.1) is 11.7 Å². The van der Waals surface area contributed by atoms with E-state index in [2.05, 4.69) is 30.1 Å². The fourth-order valence-corrected chi connectivity index (χ4v) is 4.57. The van der Waals surface area contributed by atoms with Crippen molar-refractivity contribution in [2.24, 2.45) is 5.92 Å². The van der Waals surface area contributed by atoms with Crippen LogP contribution in [0.15, 0.2) is 47.6 Å². The third kappa shape index (κ3) is 4.27. The molecule has 0 saturated heterocycles. The second-order valence-electron chi connectivity index (χ2n) is 7.84. The van der Waals surface area contributed by atoms with E-state index < -0.39 is 0 Å². The Bertz CT molecular complexity index is 1040. The van der Waals surface area contributed by atoms with Crippen molar-refractivity contribution >= 4 is 17.5 Å². The number of carbonyl (C=O) groups is 1. The molecule has 0 radical (unpaired) electrons. The fourth-order valence-electron chi connectivity index (χ4n) is 3.73. The summed E-state index contributed by atoms with van der Waals surface area (Å²) in [7, 11) is 0. The molecule has 0 spiro atoms. The molecular formula is C23H24FN3OS. The monoisotopic (exact) mass is 409 g/mol. The summed E-state index contributed by atoms with van der Waals surface area (Å²) in [6.45, 7) is 4.84. The molecule has 150 valence electrons. The highest BCUT2D eigenvalue weighted by Crippen LogP contribution is 2.28. The second kappa shape index (κ2) is 8.49. The number of thioether (sulfide) groups is 1. The molecule has 0 amide bonds. The normalized spacial score (nSPS) is 13.1. The molecule has 0 fully saturated rings. The molecule has 0 bridgehead atoms. The van der Waals surface area contributed by atoms with Gasteiger partial charge in [-0.25, -0.2) is 4.39 Å². The van der Waals surface area contributed by atoms with Gasteiger partial charge in [0.25, 0.3) is 0 Å². The third-order valence-electron chi connectivity index (χ3n) is 5.13. The minimum Gasteiger partial charge on any atom is -0.302 e. The SMILES string of the molecule is CC(C)Cn1c(SCC(=O)c2ccc3c(c2)CCC3)nnc1-c1ccccc1F. The van der Waals surface area contributed by atoms with E-state index in [1.807, 2.05) is 16.7 Å². The number of nitrogens with zero attached hydrogens (tertiary/aromatic N) is 3. The van der Waals surface area contributed by atoms with Crippen LogP contribution in [0.3, 0.4) is 0 Å². The van der Waals surface area contributed by atoms with Gasteiger partial charge in [-0.15, -0.1) is 10.2 Å². The Morgan fingerprint density at radius 1 is 1.14 bits per heavy atom. The van der Waals surface area contributed by atoms with Gasteiger partial charge in [-0.2, -0.15) is 0 Å².